The van der Waals surface area contributed by atoms with Crippen molar-refractivity contribution in [2.24, 2.45) is 5.73 Å². The van der Waals surface area contributed by atoms with E-state index in [-0.39, 0.29) is 5.54 Å². The maximum atomic E-state index is 6.10. The summed E-state index contributed by atoms with van der Waals surface area (Å²) in [6.07, 6.45) is 8.36. The van der Waals surface area contributed by atoms with E-state index < -0.39 is 0 Å². The van der Waals surface area contributed by atoms with Crippen molar-refractivity contribution < 1.29 is 0 Å². The van der Waals surface area contributed by atoms with Crippen molar-refractivity contribution >= 4 is 11.9 Å². The van der Waals surface area contributed by atoms with Crippen LogP contribution >= 0.6 is 0 Å². The molecule has 0 aromatic carbocycles. The minimum atomic E-state index is 0.0245. The van der Waals surface area contributed by atoms with Crippen molar-refractivity contribution in [2.45, 2.75) is 38.1 Å². The fourth-order valence-corrected chi connectivity index (χ4v) is 2.02. The SMILES string of the molecule is CC1(N)CCC(=Cc2ccc(N)nc2)CC1. The predicted octanol–water partition coefficient (Wildman–Crippen LogP) is 2.34. The zero-order valence-electron chi connectivity index (χ0n) is 9.74. The van der Waals surface area contributed by atoms with Crippen LogP contribution in [0.1, 0.15) is 38.2 Å². The Morgan fingerprint density at radius 1 is 1.31 bits per heavy atom. The van der Waals surface area contributed by atoms with Gasteiger partial charge in [-0.2, -0.15) is 0 Å². The summed E-state index contributed by atoms with van der Waals surface area (Å²) >= 11 is 0. The van der Waals surface area contributed by atoms with E-state index in [9.17, 15) is 0 Å². The molecule has 1 aliphatic rings. The second-order valence-corrected chi connectivity index (χ2v) is 4.97. The number of pyridine rings is 1. The van der Waals surface area contributed by atoms with Crippen LogP contribution in [0.15, 0.2) is 23.9 Å². The summed E-state index contributed by atoms with van der Waals surface area (Å²) in [7, 11) is 0. The van der Waals surface area contributed by atoms with Crippen LogP contribution in [0.25, 0.3) is 6.08 Å². The highest BCUT2D eigenvalue weighted by molar-refractivity contribution is 5.53. The number of hydrogen-bond donors (Lipinski definition) is 2. The van der Waals surface area contributed by atoms with Crippen molar-refractivity contribution in [3.05, 3.63) is 29.5 Å². The standard InChI is InChI=1S/C13H19N3/c1-13(15)6-4-10(5-7-13)8-11-2-3-12(14)16-9-11/h2-3,8-9H,4-7,15H2,1H3,(H2,14,16). The minimum absolute atomic E-state index is 0.0245. The summed E-state index contributed by atoms with van der Waals surface area (Å²) in [5.41, 5.74) is 14.3. The molecule has 0 saturated heterocycles. The number of allylic oxidation sites excluding steroid dienone is 1. The molecule has 1 saturated carbocycles. The van der Waals surface area contributed by atoms with Crippen LogP contribution in [-0.4, -0.2) is 10.5 Å². The first-order chi connectivity index (χ1) is 7.55. The maximum absolute atomic E-state index is 6.10. The third-order valence-electron chi connectivity index (χ3n) is 3.21. The molecule has 0 aliphatic heterocycles. The Morgan fingerprint density at radius 2 is 2.00 bits per heavy atom. The predicted molar refractivity (Wildman–Crippen MR) is 67.7 cm³/mol. The molecule has 0 bridgehead atoms. The van der Waals surface area contributed by atoms with E-state index >= 15 is 0 Å². The Labute approximate surface area is 96.6 Å². The van der Waals surface area contributed by atoms with Gasteiger partial charge in [0.2, 0.25) is 0 Å². The summed E-state index contributed by atoms with van der Waals surface area (Å²) in [6.45, 7) is 2.13. The Kier molecular flexibility index (Phi) is 2.97. The number of rotatable bonds is 1. The van der Waals surface area contributed by atoms with Crippen molar-refractivity contribution in [2.75, 3.05) is 5.73 Å². The Bertz CT molecular complexity index is 378. The van der Waals surface area contributed by atoms with Crippen LogP contribution in [0.3, 0.4) is 0 Å². The quantitative estimate of drug-likeness (QED) is 0.758. The fourth-order valence-electron chi connectivity index (χ4n) is 2.02. The molecule has 1 fully saturated rings. The molecule has 16 heavy (non-hydrogen) atoms. The molecule has 0 spiro atoms. The van der Waals surface area contributed by atoms with Gasteiger partial charge in [-0.25, -0.2) is 4.98 Å². The van der Waals surface area contributed by atoms with Gasteiger partial charge in [0.05, 0.1) is 0 Å². The number of hydrogen-bond acceptors (Lipinski definition) is 3. The van der Waals surface area contributed by atoms with E-state index in [1.54, 1.807) is 0 Å². The average Bonchev–Trinajstić information content (AvgIpc) is 2.24. The molecule has 2 rings (SSSR count). The van der Waals surface area contributed by atoms with Gasteiger partial charge in [0, 0.05) is 11.7 Å². The average molecular weight is 217 g/mol. The molecule has 86 valence electrons. The molecule has 1 aromatic rings. The molecule has 1 aromatic heterocycles. The zero-order chi connectivity index (χ0) is 11.6. The summed E-state index contributed by atoms with van der Waals surface area (Å²) in [5.74, 6) is 0.570. The van der Waals surface area contributed by atoms with Gasteiger partial charge in [-0.1, -0.05) is 11.6 Å². The minimum Gasteiger partial charge on any atom is -0.384 e. The van der Waals surface area contributed by atoms with Gasteiger partial charge >= 0.3 is 0 Å². The lowest BCUT2D eigenvalue weighted by atomic mass is 9.81. The van der Waals surface area contributed by atoms with E-state index in [1.807, 2.05) is 18.3 Å². The van der Waals surface area contributed by atoms with Gasteiger partial charge in [-0.3, -0.25) is 0 Å². The summed E-state index contributed by atoms with van der Waals surface area (Å²) < 4.78 is 0. The van der Waals surface area contributed by atoms with E-state index in [0.29, 0.717) is 5.82 Å². The van der Waals surface area contributed by atoms with Crippen molar-refractivity contribution in [3.63, 3.8) is 0 Å². The van der Waals surface area contributed by atoms with Crippen LogP contribution in [-0.2, 0) is 0 Å². The maximum Gasteiger partial charge on any atom is 0.123 e. The lowest BCUT2D eigenvalue weighted by Crippen LogP contribution is -2.38. The van der Waals surface area contributed by atoms with Crippen LogP contribution in [0.5, 0.6) is 0 Å². The number of aromatic nitrogens is 1. The molecule has 3 nitrogen and oxygen atoms in total. The van der Waals surface area contributed by atoms with Gasteiger partial charge in [-0.15, -0.1) is 0 Å². The zero-order valence-corrected chi connectivity index (χ0v) is 9.74. The van der Waals surface area contributed by atoms with E-state index in [4.69, 9.17) is 11.5 Å². The Hall–Kier alpha value is -1.35. The highest BCUT2D eigenvalue weighted by Crippen LogP contribution is 2.30. The second kappa shape index (κ2) is 4.26. The van der Waals surface area contributed by atoms with E-state index in [1.165, 1.54) is 5.57 Å². The molecule has 1 aliphatic carbocycles. The normalized spacial score (nSPS) is 25.5. The lowest BCUT2D eigenvalue weighted by molar-refractivity contribution is 0.367. The molecule has 4 N–H and O–H groups in total. The number of nitrogen functional groups attached to an aromatic ring is 1. The highest BCUT2D eigenvalue weighted by Gasteiger charge is 2.23. The summed E-state index contributed by atoms with van der Waals surface area (Å²) in [4.78, 5) is 4.08. The Balaban J connectivity index is 2.06. The molecule has 0 unspecified atom stereocenters. The molecular weight excluding hydrogens is 198 g/mol. The highest BCUT2D eigenvalue weighted by atomic mass is 14.8. The van der Waals surface area contributed by atoms with Crippen molar-refractivity contribution in [1.82, 2.24) is 4.98 Å². The first-order valence-electron chi connectivity index (χ1n) is 5.75. The van der Waals surface area contributed by atoms with Crippen LogP contribution in [0.4, 0.5) is 5.82 Å². The van der Waals surface area contributed by atoms with Crippen molar-refractivity contribution in [1.29, 1.82) is 0 Å². The largest absolute Gasteiger partial charge is 0.384 e. The van der Waals surface area contributed by atoms with E-state index in [0.717, 1.165) is 31.2 Å². The van der Waals surface area contributed by atoms with Crippen molar-refractivity contribution in [3.8, 4) is 0 Å². The third-order valence-corrected chi connectivity index (χ3v) is 3.21. The lowest BCUT2D eigenvalue weighted by Gasteiger charge is -2.30. The first-order valence-corrected chi connectivity index (χ1v) is 5.75. The van der Waals surface area contributed by atoms with E-state index in [2.05, 4.69) is 18.0 Å². The van der Waals surface area contributed by atoms with Gasteiger partial charge in [0.1, 0.15) is 5.82 Å². The smallest absolute Gasteiger partial charge is 0.123 e. The number of nitrogens with two attached hydrogens (primary N) is 2. The summed E-state index contributed by atoms with van der Waals surface area (Å²) in [6, 6.07) is 3.84. The number of nitrogens with zero attached hydrogens (tertiary/aromatic N) is 1. The van der Waals surface area contributed by atoms with Crippen LogP contribution < -0.4 is 11.5 Å². The summed E-state index contributed by atoms with van der Waals surface area (Å²) in [5, 5.41) is 0. The van der Waals surface area contributed by atoms with Gasteiger partial charge in [-0.05, 0) is 50.3 Å². The fraction of sp³-hybridized carbons (Fsp3) is 0.462. The second-order valence-electron chi connectivity index (χ2n) is 4.97. The van der Waals surface area contributed by atoms with Crippen LogP contribution in [0, 0.1) is 0 Å². The molecular formula is C13H19N3. The van der Waals surface area contributed by atoms with Gasteiger partial charge in [0.25, 0.3) is 0 Å². The monoisotopic (exact) mass is 217 g/mol. The topological polar surface area (TPSA) is 64.9 Å². The first kappa shape index (κ1) is 11.1. The molecule has 0 atom stereocenters. The molecule has 3 heteroatoms. The molecule has 0 radical (unpaired) electrons. The number of anilines is 1. The third kappa shape index (κ3) is 2.83. The molecule has 1 heterocycles. The van der Waals surface area contributed by atoms with Gasteiger partial charge < -0.3 is 11.5 Å². The van der Waals surface area contributed by atoms with Crippen LogP contribution in [0.2, 0.25) is 0 Å². The molecule has 0 amide bonds. The Morgan fingerprint density at radius 3 is 2.56 bits per heavy atom. The van der Waals surface area contributed by atoms with Gasteiger partial charge in [0.15, 0.2) is 0 Å².